The van der Waals surface area contributed by atoms with Crippen molar-refractivity contribution in [1.82, 2.24) is 0 Å². The summed E-state index contributed by atoms with van der Waals surface area (Å²) in [6.07, 6.45) is -11.9. The average molecular weight is 298 g/mol. The Morgan fingerprint density at radius 1 is 0.824 bits per heavy atom. The molecule has 0 heterocycles. The van der Waals surface area contributed by atoms with Crippen molar-refractivity contribution in [3.05, 3.63) is 0 Å². The van der Waals surface area contributed by atoms with E-state index in [1.807, 2.05) is 0 Å². The van der Waals surface area contributed by atoms with E-state index in [-0.39, 0.29) is 0 Å². The minimum Gasteiger partial charge on any atom is -0.307 e. The smallest absolute Gasteiger partial charge is 0.307 e. The second-order valence-corrected chi connectivity index (χ2v) is 6.24. The van der Waals surface area contributed by atoms with E-state index in [9.17, 15) is 39.3 Å². The zero-order valence-corrected chi connectivity index (χ0v) is 8.47. The summed E-state index contributed by atoms with van der Waals surface area (Å²) in [4.78, 5) is 0. The highest BCUT2D eigenvalue weighted by Crippen LogP contribution is 2.41. The van der Waals surface area contributed by atoms with E-state index in [0.717, 1.165) is 0 Å². The molecule has 0 atom stereocenters. The molecule has 0 unspecified atom stereocenters. The molecule has 0 aromatic heterocycles. The van der Waals surface area contributed by atoms with Gasteiger partial charge in [0.15, 0.2) is 0 Å². The monoisotopic (exact) mass is 298 g/mol. The van der Waals surface area contributed by atoms with E-state index in [1.54, 1.807) is 0 Å². The van der Waals surface area contributed by atoms with Crippen molar-refractivity contribution in [3.8, 4) is 0 Å². The molecule has 2 N–H and O–H groups in total. The van der Waals surface area contributed by atoms with Crippen molar-refractivity contribution < 1.29 is 48.4 Å². The first-order valence-corrected chi connectivity index (χ1v) is 5.80. The first-order chi connectivity index (χ1) is 6.93. The highest BCUT2D eigenvalue weighted by atomic mass is 32.3. The van der Waals surface area contributed by atoms with Crippen LogP contribution in [-0.2, 0) is 9.63 Å². The quantitative estimate of drug-likeness (QED) is 0.787. The molecule has 0 aliphatic heterocycles. The predicted molar refractivity (Wildman–Crippen MR) is 40.2 cm³/mol. The van der Waals surface area contributed by atoms with Crippen LogP contribution in [0.15, 0.2) is 0 Å². The van der Waals surface area contributed by atoms with Crippen molar-refractivity contribution >= 4 is 9.63 Å². The molecule has 0 bridgehead atoms. The third-order valence-corrected chi connectivity index (χ3v) is 3.19. The second-order valence-electron chi connectivity index (χ2n) is 3.29. The minimum absolute atomic E-state index is 3.06. The molecule has 12 heteroatoms. The van der Waals surface area contributed by atoms with Gasteiger partial charge in [0, 0.05) is 0 Å². The summed E-state index contributed by atoms with van der Waals surface area (Å²) in [5, 5.41) is 0. The Balaban J connectivity index is 5.18. The van der Waals surface area contributed by atoms with Crippen LogP contribution in [0.5, 0.6) is 0 Å². The highest BCUT2D eigenvalue weighted by molar-refractivity contribution is 8.10. The molecular weight excluding hydrogens is 292 g/mol. The number of hydrogen-bond acceptors (Lipinski definition) is 1. The first kappa shape index (κ1) is 16.5. The van der Waals surface area contributed by atoms with Gasteiger partial charge in [-0.05, 0) is 0 Å². The van der Waals surface area contributed by atoms with Gasteiger partial charge in [0.2, 0.25) is 0 Å². The molecule has 0 saturated heterocycles. The van der Waals surface area contributed by atoms with Crippen LogP contribution in [0, 0.1) is 0 Å². The van der Waals surface area contributed by atoms with E-state index in [4.69, 9.17) is 9.11 Å². The molecule has 0 aromatic rings. The summed E-state index contributed by atoms with van der Waals surface area (Å²) in [7, 11) is -7.14. The lowest BCUT2D eigenvalue weighted by Gasteiger charge is -2.34. The van der Waals surface area contributed by atoms with Gasteiger partial charge in [0.1, 0.15) is 11.5 Å². The third-order valence-electron chi connectivity index (χ3n) is 1.34. The van der Waals surface area contributed by atoms with Gasteiger partial charge in [-0.2, -0.15) is 35.1 Å². The van der Waals surface area contributed by atoms with Crippen LogP contribution >= 0.6 is 0 Å². The molecule has 17 heavy (non-hydrogen) atoms. The Morgan fingerprint density at radius 2 is 1.18 bits per heavy atom. The molecule has 106 valence electrons. The lowest BCUT2D eigenvalue weighted by molar-refractivity contribution is -0.272. The molecular formula is C5H6F8O3S. The Kier molecular flexibility index (Phi) is 3.64. The normalized spacial score (nSPS) is 17.6. The zero-order chi connectivity index (χ0) is 14.4. The summed E-state index contributed by atoms with van der Waals surface area (Å²) < 4.78 is 122. The predicted octanol–water partition coefficient (Wildman–Crippen LogP) is 2.51. The summed E-state index contributed by atoms with van der Waals surface area (Å²) in [6, 6.07) is 0. The molecule has 0 radical (unpaired) electrons. The SMILES string of the molecule is O=S(O)(O)(CC(F)(F)F)CC(F)(F)C(F)(F)F. The third kappa shape index (κ3) is 5.59. The fraction of sp³-hybridized carbons (Fsp3) is 1.00. The lowest BCUT2D eigenvalue weighted by Crippen LogP contribution is -2.54. The summed E-state index contributed by atoms with van der Waals surface area (Å²) in [5.74, 6) is -12.2. The van der Waals surface area contributed by atoms with Crippen molar-refractivity contribution in [2.75, 3.05) is 11.5 Å². The van der Waals surface area contributed by atoms with Gasteiger partial charge in [0.05, 0.1) is 9.63 Å². The zero-order valence-electron chi connectivity index (χ0n) is 7.65. The van der Waals surface area contributed by atoms with Gasteiger partial charge in [-0.25, -0.2) is 4.21 Å². The Bertz CT molecular complexity index is 349. The van der Waals surface area contributed by atoms with Crippen molar-refractivity contribution in [1.29, 1.82) is 0 Å². The minimum atomic E-state index is -7.14. The Labute approximate surface area is 88.8 Å². The molecule has 0 amide bonds. The van der Waals surface area contributed by atoms with Gasteiger partial charge in [-0.1, -0.05) is 0 Å². The van der Waals surface area contributed by atoms with Crippen LogP contribution in [0.2, 0.25) is 0 Å². The fourth-order valence-corrected chi connectivity index (χ4v) is 2.48. The molecule has 0 fully saturated rings. The van der Waals surface area contributed by atoms with Crippen LogP contribution in [0.4, 0.5) is 35.1 Å². The van der Waals surface area contributed by atoms with E-state index in [2.05, 4.69) is 0 Å². The Morgan fingerprint density at radius 3 is 1.41 bits per heavy atom. The van der Waals surface area contributed by atoms with Gasteiger partial charge < -0.3 is 9.11 Å². The van der Waals surface area contributed by atoms with Gasteiger partial charge in [0.25, 0.3) is 0 Å². The highest BCUT2D eigenvalue weighted by Gasteiger charge is 2.63. The maximum Gasteiger partial charge on any atom is 0.454 e. The number of halogens is 8. The topological polar surface area (TPSA) is 57.5 Å². The molecule has 0 rings (SSSR count). The molecule has 0 saturated carbocycles. The summed E-state index contributed by atoms with van der Waals surface area (Å²) in [6.45, 7) is 0. The van der Waals surface area contributed by atoms with E-state index >= 15 is 0 Å². The van der Waals surface area contributed by atoms with Crippen LogP contribution in [0.1, 0.15) is 0 Å². The molecule has 0 spiro atoms. The van der Waals surface area contributed by atoms with Crippen LogP contribution in [0.25, 0.3) is 0 Å². The second kappa shape index (κ2) is 3.75. The molecule has 0 aliphatic rings. The van der Waals surface area contributed by atoms with E-state index in [0.29, 0.717) is 0 Å². The van der Waals surface area contributed by atoms with E-state index in [1.165, 1.54) is 0 Å². The van der Waals surface area contributed by atoms with E-state index < -0.39 is 39.4 Å². The van der Waals surface area contributed by atoms with Crippen LogP contribution in [0.3, 0.4) is 0 Å². The lowest BCUT2D eigenvalue weighted by atomic mass is 10.4. The van der Waals surface area contributed by atoms with Crippen molar-refractivity contribution in [2.45, 2.75) is 18.3 Å². The number of hydrogen-bond donors (Lipinski definition) is 2. The number of alkyl halides is 8. The fourth-order valence-electron chi connectivity index (χ4n) is 0.826. The maximum atomic E-state index is 12.3. The van der Waals surface area contributed by atoms with Gasteiger partial charge in [-0.15, -0.1) is 0 Å². The molecule has 0 aromatic carbocycles. The molecule has 0 aliphatic carbocycles. The summed E-state index contributed by atoms with van der Waals surface area (Å²) in [5.41, 5.74) is 0. The Hall–Kier alpha value is -0.490. The van der Waals surface area contributed by atoms with Crippen molar-refractivity contribution in [3.63, 3.8) is 0 Å². The average Bonchev–Trinajstić information content (AvgIpc) is 1.69. The maximum absolute atomic E-state index is 12.3. The number of rotatable bonds is 3. The van der Waals surface area contributed by atoms with Crippen molar-refractivity contribution in [2.24, 2.45) is 0 Å². The molecule has 3 nitrogen and oxygen atoms in total. The van der Waals surface area contributed by atoms with Crippen LogP contribution < -0.4 is 0 Å². The van der Waals surface area contributed by atoms with Gasteiger partial charge in [-0.3, -0.25) is 0 Å². The van der Waals surface area contributed by atoms with Crippen LogP contribution in [-0.4, -0.2) is 43.1 Å². The van der Waals surface area contributed by atoms with Gasteiger partial charge >= 0.3 is 18.3 Å². The first-order valence-electron chi connectivity index (χ1n) is 3.58. The largest absolute Gasteiger partial charge is 0.454 e. The standard InChI is InChI=1S/C5H6F8O3S/c6-3(7,5(11,12)13)1-17(14,15,16)2-4(8,9)10/h1-2H2,(H2,14,15,16). The summed E-state index contributed by atoms with van der Waals surface area (Å²) >= 11 is 0.